The predicted octanol–water partition coefficient (Wildman–Crippen LogP) is 2.98. The minimum Gasteiger partial charge on any atom is -0.449 e. The molecule has 1 aromatic heterocycles. The van der Waals surface area contributed by atoms with Gasteiger partial charge in [0, 0.05) is 22.9 Å². The third-order valence-corrected chi connectivity index (χ3v) is 5.43. The summed E-state index contributed by atoms with van der Waals surface area (Å²) in [5.74, 6) is 0.213. The number of hydrogen-bond acceptors (Lipinski definition) is 2. The van der Waals surface area contributed by atoms with Crippen molar-refractivity contribution in [1.82, 2.24) is 5.32 Å². The van der Waals surface area contributed by atoms with Crippen molar-refractivity contribution >= 4 is 28.5 Å². The number of likely N-dealkylation sites (tertiary alicyclic amines) is 1. The summed E-state index contributed by atoms with van der Waals surface area (Å²) in [6, 6.07) is 16.2. The van der Waals surface area contributed by atoms with Gasteiger partial charge in [0.25, 0.3) is 5.91 Å². The van der Waals surface area contributed by atoms with Crippen molar-refractivity contribution in [2.24, 2.45) is 0 Å². The maximum absolute atomic E-state index is 12.7. The van der Waals surface area contributed by atoms with Crippen LogP contribution < -0.4 is 10.2 Å². The Bertz CT molecular complexity index is 936. The van der Waals surface area contributed by atoms with E-state index >= 15 is 0 Å². The number of nitrogens with one attached hydrogen (secondary N) is 2. The van der Waals surface area contributed by atoms with Crippen LogP contribution >= 0.6 is 11.6 Å². The van der Waals surface area contributed by atoms with E-state index in [0.29, 0.717) is 16.4 Å². The van der Waals surface area contributed by atoms with Crippen molar-refractivity contribution in [2.45, 2.75) is 25.9 Å². The van der Waals surface area contributed by atoms with Gasteiger partial charge >= 0.3 is 0 Å². The molecule has 0 saturated carbocycles. The number of amides is 1. The highest BCUT2D eigenvalue weighted by atomic mass is 35.5. The number of hydrogen-bond donors (Lipinski definition) is 2. The molecule has 0 spiro atoms. The second-order valence-corrected chi connectivity index (χ2v) is 7.41. The quantitative estimate of drug-likeness (QED) is 0.742. The van der Waals surface area contributed by atoms with Crippen molar-refractivity contribution in [1.29, 1.82) is 0 Å². The van der Waals surface area contributed by atoms with Gasteiger partial charge in [0.1, 0.15) is 6.54 Å². The Kier molecular flexibility index (Phi) is 4.70. The predicted molar refractivity (Wildman–Crippen MR) is 103 cm³/mol. The molecule has 1 fully saturated rings. The normalized spacial score (nSPS) is 19.8. The maximum Gasteiger partial charge on any atom is 0.287 e. The van der Waals surface area contributed by atoms with E-state index in [9.17, 15) is 4.79 Å². The van der Waals surface area contributed by atoms with E-state index in [-0.39, 0.29) is 11.9 Å². The van der Waals surface area contributed by atoms with Crippen LogP contribution in [0.1, 0.15) is 28.1 Å². The van der Waals surface area contributed by atoms with Crippen LogP contribution in [0.25, 0.3) is 11.0 Å². The number of quaternary nitrogens is 1. The fourth-order valence-electron chi connectivity index (χ4n) is 3.78. The van der Waals surface area contributed by atoms with Gasteiger partial charge in [0.05, 0.1) is 24.2 Å². The fourth-order valence-corrected chi connectivity index (χ4v) is 3.99. The molecule has 1 unspecified atom stereocenters. The first-order chi connectivity index (χ1) is 12.6. The van der Waals surface area contributed by atoms with Crippen LogP contribution in [0.2, 0.25) is 5.02 Å². The van der Waals surface area contributed by atoms with Gasteiger partial charge in [-0.3, -0.25) is 4.79 Å². The van der Waals surface area contributed by atoms with Crippen LogP contribution in [0.15, 0.2) is 52.9 Å². The Morgan fingerprint density at radius 3 is 2.81 bits per heavy atom. The average molecular weight is 370 g/mol. The second kappa shape index (κ2) is 7.14. The molecule has 2 heterocycles. The van der Waals surface area contributed by atoms with Gasteiger partial charge in [0.15, 0.2) is 11.3 Å². The van der Waals surface area contributed by atoms with Crippen molar-refractivity contribution < 1.29 is 14.1 Å². The van der Waals surface area contributed by atoms with Crippen molar-refractivity contribution in [2.75, 3.05) is 13.1 Å². The molecule has 0 bridgehead atoms. The number of furan rings is 1. The van der Waals surface area contributed by atoms with Gasteiger partial charge in [-0.2, -0.15) is 0 Å². The number of carbonyl (C=O) groups is 1. The summed E-state index contributed by atoms with van der Waals surface area (Å²) in [4.78, 5) is 14.2. The van der Waals surface area contributed by atoms with E-state index in [1.807, 2.05) is 25.1 Å². The molecular weight excluding hydrogens is 348 g/mol. The lowest BCUT2D eigenvalue weighted by Crippen LogP contribution is -3.09. The number of halogens is 1. The van der Waals surface area contributed by atoms with Gasteiger partial charge in [-0.05, 0) is 13.0 Å². The lowest BCUT2D eigenvalue weighted by molar-refractivity contribution is -0.901. The standard InChI is InChI=1S/C21H21ClN2O2/c1-14-17-8-5-9-18(22)20(17)26-19(14)21(25)23-16-10-11-24(13-16)12-15-6-3-2-4-7-15/h2-9,16H,10-13H2,1H3,(H,23,25)/p+1/t16-/m1/s1. The van der Waals surface area contributed by atoms with Crippen LogP contribution in [-0.4, -0.2) is 25.0 Å². The zero-order chi connectivity index (χ0) is 18.1. The van der Waals surface area contributed by atoms with E-state index in [1.165, 1.54) is 10.5 Å². The molecule has 3 aromatic rings. The molecule has 2 aromatic carbocycles. The summed E-state index contributed by atoms with van der Waals surface area (Å²) >= 11 is 6.18. The van der Waals surface area contributed by atoms with Gasteiger partial charge in [-0.25, -0.2) is 0 Å². The summed E-state index contributed by atoms with van der Waals surface area (Å²) in [5, 5.41) is 4.56. The summed E-state index contributed by atoms with van der Waals surface area (Å²) in [6.45, 7) is 4.89. The average Bonchev–Trinajstić information content (AvgIpc) is 3.21. The molecule has 1 amide bonds. The largest absolute Gasteiger partial charge is 0.449 e. The molecule has 4 rings (SSSR count). The van der Waals surface area contributed by atoms with E-state index in [1.54, 1.807) is 6.07 Å². The zero-order valence-corrected chi connectivity index (χ0v) is 15.5. The first kappa shape index (κ1) is 17.1. The second-order valence-electron chi connectivity index (χ2n) is 7.00. The van der Waals surface area contributed by atoms with Gasteiger partial charge in [-0.1, -0.05) is 54.1 Å². The minimum atomic E-state index is -0.152. The van der Waals surface area contributed by atoms with E-state index < -0.39 is 0 Å². The summed E-state index contributed by atoms with van der Waals surface area (Å²) < 4.78 is 5.77. The third kappa shape index (κ3) is 3.35. The van der Waals surface area contributed by atoms with Crippen molar-refractivity contribution in [3.63, 3.8) is 0 Å². The van der Waals surface area contributed by atoms with Gasteiger partial charge in [-0.15, -0.1) is 0 Å². The monoisotopic (exact) mass is 369 g/mol. The summed E-state index contributed by atoms with van der Waals surface area (Å²) in [6.07, 6.45) is 0.980. The molecule has 26 heavy (non-hydrogen) atoms. The van der Waals surface area contributed by atoms with E-state index in [0.717, 1.165) is 37.0 Å². The Hall–Kier alpha value is -2.30. The van der Waals surface area contributed by atoms with Crippen LogP contribution in [0, 0.1) is 6.92 Å². The Labute approximate surface area is 157 Å². The van der Waals surface area contributed by atoms with Crippen molar-refractivity contribution in [3.8, 4) is 0 Å². The fraction of sp³-hybridized carbons (Fsp3) is 0.286. The minimum absolute atomic E-state index is 0.152. The maximum atomic E-state index is 12.7. The number of para-hydroxylation sites is 1. The molecule has 2 atom stereocenters. The highest BCUT2D eigenvalue weighted by Crippen LogP contribution is 2.30. The summed E-state index contributed by atoms with van der Waals surface area (Å²) in [7, 11) is 0. The number of aryl methyl sites for hydroxylation is 1. The highest BCUT2D eigenvalue weighted by molar-refractivity contribution is 6.35. The topological polar surface area (TPSA) is 46.7 Å². The van der Waals surface area contributed by atoms with E-state index in [4.69, 9.17) is 16.0 Å². The smallest absolute Gasteiger partial charge is 0.287 e. The zero-order valence-electron chi connectivity index (χ0n) is 14.7. The molecule has 0 aliphatic carbocycles. The van der Waals surface area contributed by atoms with Gasteiger partial charge in [0.2, 0.25) is 0 Å². The molecule has 5 heteroatoms. The van der Waals surface area contributed by atoms with Crippen LogP contribution in [0.3, 0.4) is 0 Å². The third-order valence-electron chi connectivity index (χ3n) is 5.14. The first-order valence-corrected chi connectivity index (χ1v) is 9.35. The molecule has 1 saturated heterocycles. The Balaban J connectivity index is 1.43. The van der Waals surface area contributed by atoms with Crippen LogP contribution in [-0.2, 0) is 6.54 Å². The van der Waals surface area contributed by atoms with Gasteiger partial charge < -0.3 is 14.6 Å². The molecule has 2 N–H and O–H groups in total. The Morgan fingerprint density at radius 1 is 1.23 bits per heavy atom. The molecule has 134 valence electrons. The highest BCUT2D eigenvalue weighted by Gasteiger charge is 2.29. The number of rotatable bonds is 4. The van der Waals surface area contributed by atoms with Crippen LogP contribution in [0.4, 0.5) is 0 Å². The Morgan fingerprint density at radius 2 is 2.04 bits per heavy atom. The lowest BCUT2D eigenvalue weighted by Gasteiger charge is -2.14. The number of benzene rings is 2. The van der Waals surface area contributed by atoms with Crippen molar-refractivity contribution in [3.05, 3.63) is 70.4 Å². The SMILES string of the molecule is Cc1c(C(=O)N[C@@H]2CC[NH+](Cc3ccccc3)C2)oc2c(Cl)cccc12. The number of fused-ring (bicyclic) bond motifs is 1. The number of carbonyl (C=O) groups excluding carboxylic acids is 1. The van der Waals surface area contributed by atoms with Crippen LogP contribution in [0.5, 0.6) is 0 Å². The molecule has 0 radical (unpaired) electrons. The molecular formula is C21H22ClN2O2+. The first-order valence-electron chi connectivity index (χ1n) is 8.98. The molecule has 4 nitrogen and oxygen atoms in total. The molecule has 1 aliphatic heterocycles. The summed E-state index contributed by atoms with van der Waals surface area (Å²) in [5.41, 5.74) is 2.75. The van der Waals surface area contributed by atoms with E-state index in [2.05, 4.69) is 29.6 Å². The lowest BCUT2D eigenvalue weighted by atomic mass is 10.1. The molecule has 1 aliphatic rings.